The molecule has 0 aliphatic carbocycles. The normalized spacial score (nSPS) is 12.5. The molecule has 1 N–H and O–H groups in total. The molecule has 0 saturated carbocycles. The van der Waals surface area contributed by atoms with Crippen LogP contribution >= 0.6 is 0 Å². The van der Waals surface area contributed by atoms with Gasteiger partial charge in [-0.05, 0) is 20.8 Å². The highest BCUT2D eigenvalue weighted by Crippen LogP contribution is 2.23. The number of methoxy groups -OCH3 is 2. The van der Waals surface area contributed by atoms with E-state index in [1.54, 1.807) is 14.2 Å². The molecule has 0 fully saturated rings. The summed E-state index contributed by atoms with van der Waals surface area (Å²) in [5, 5.41) is 3.32. The summed E-state index contributed by atoms with van der Waals surface area (Å²) < 4.78 is 10.5. The summed E-state index contributed by atoms with van der Waals surface area (Å²) in [7, 11) is 3.41. The topological polar surface area (TPSA) is 43.4 Å². The van der Waals surface area contributed by atoms with Crippen molar-refractivity contribution >= 4 is 0 Å². The average molecular weight is 238 g/mol. The summed E-state index contributed by atoms with van der Waals surface area (Å²) in [5.74, 6) is 0.927. The predicted octanol–water partition coefficient (Wildman–Crippen LogP) is 1.83. The number of aryl methyl sites for hydroxylation is 1. The van der Waals surface area contributed by atoms with Crippen LogP contribution in [0.1, 0.15) is 23.7 Å². The van der Waals surface area contributed by atoms with E-state index in [-0.39, 0.29) is 6.10 Å². The smallest absolute Gasteiger partial charge is 0.128 e. The summed E-state index contributed by atoms with van der Waals surface area (Å²) in [5.41, 5.74) is 3.19. The van der Waals surface area contributed by atoms with Crippen molar-refractivity contribution in [2.24, 2.45) is 0 Å². The van der Waals surface area contributed by atoms with Gasteiger partial charge in [-0.25, -0.2) is 0 Å². The first-order valence-electron chi connectivity index (χ1n) is 5.82. The molecule has 0 aliphatic heterocycles. The molecule has 0 amide bonds. The van der Waals surface area contributed by atoms with Crippen molar-refractivity contribution in [2.45, 2.75) is 33.4 Å². The predicted molar refractivity (Wildman–Crippen MR) is 68.4 cm³/mol. The fourth-order valence-corrected chi connectivity index (χ4v) is 1.73. The molecule has 4 heteroatoms. The lowest BCUT2D eigenvalue weighted by Crippen LogP contribution is -2.26. The maximum absolute atomic E-state index is 5.37. The van der Waals surface area contributed by atoms with Crippen LogP contribution in [0.5, 0.6) is 5.75 Å². The van der Waals surface area contributed by atoms with E-state index < -0.39 is 0 Å². The standard InChI is InChI=1S/C13H22N2O2/c1-9-6-15-12(11(3)13(9)17-5)8-14-7-10(2)16-4/h6,10,14H,7-8H2,1-5H3. The van der Waals surface area contributed by atoms with Crippen LogP contribution in [0.4, 0.5) is 0 Å². The van der Waals surface area contributed by atoms with E-state index in [1.165, 1.54) is 0 Å². The number of aromatic nitrogens is 1. The summed E-state index contributed by atoms with van der Waals surface area (Å²) in [4.78, 5) is 4.43. The summed E-state index contributed by atoms with van der Waals surface area (Å²) in [6.45, 7) is 7.62. The monoisotopic (exact) mass is 238 g/mol. The molecule has 0 aliphatic rings. The molecule has 17 heavy (non-hydrogen) atoms. The van der Waals surface area contributed by atoms with E-state index in [0.717, 1.165) is 35.7 Å². The molecule has 96 valence electrons. The maximum Gasteiger partial charge on any atom is 0.128 e. The Morgan fingerprint density at radius 2 is 2.06 bits per heavy atom. The van der Waals surface area contributed by atoms with Crippen molar-refractivity contribution < 1.29 is 9.47 Å². The van der Waals surface area contributed by atoms with Gasteiger partial charge in [0.15, 0.2) is 0 Å². The molecular weight excluding hydrogens is 216 g/mol. The molecule has 1 aromatic rings. The fourth-order valence-electron chi connectivity index (χ4n) is 1.73. The Balaban J connectivity index is 2.66. The Labute approximate surface area is 103 Å². The summed E-state index contributed by atoms with van der Waals surface area (Å²) in [6, 6.07) is 0. The molecule has 0 bridgehead atoms. The third-order valence-corrected chi connectivity index (χ3v) is 2.88. The van der Waals surface area contributed by atoms with Gasteiger partial charge < -0.3 is 14.8 Å². The molecule has 0 spiro atoms. The van der Waals surface area contributed by atoms with Crippen molar-refractivity contribution in [1.82, 2.24) is 10.3 Å². The zero-order valence-electron chi connectivity index (χ0n) is 11.3. The third-order valence-electron chi connectivity index (χ3n) is 2.88. The van der Waals surface area contributed by atoms with E-state index >= 15 is 0 Å². The first kappa shape index (κ1) is 13.9. The minimum atomic E-state index is 0.211. The van der Waals surface area contributed by atoms with Gasteiger partial charge in [0.1, 0.15) is 5.75 Å². The molecule has 4 nitrogen and oxygen atoms in total. The fraction of sp³-hybridized carbons (Fsp3) is 0.615. The van der Waals surface area contributed by atoms with E-state index in [0.29, 0.717) is 0 Å². The number of nitrogens with zero attached hydrogens (tertiary/aromatic N) is 1. The van der Waals surface area contributed by atoms with Gasteiger partial charge in [0.25, 0.3) is 0 Å². The highest BCUT2D eigenvalue weighted by molar-refractivity contribution is 5.40. The zero-order chi connectivity index (χ0) is 12.8. The Kier molecular flexibility index (Phi) is 5.38. The Morgan fingerprint density at radius 3 is 2.65 bits per heavy atom. The largest absolute Gasteiger partial charge is 0.496 e. The first-order valence-corrected chi connectivity index (χ1v) is 5.82. The van der Waals surface area contributed by atoms with Gasteiger partial charge in [-0.3, -0.25) is 4.98 Å². The number of ether oxygens (including phenoxy) is 2. The highest BCUT2D eigenvalue weighted by atomic mass is 16.5. The van der Waals surface area contributed by atoms with Gasteiger partial charge >= 0.3 is 0 Å². The second kappa shape index (κ2) is 6.57. The van der Waals surface area contributed by atoms with Crippen LogP contribution in [0.3, 0.4) is 0 Å². The van der Waals surface area contributed by atoms with Gasteiger partial charge in [0.05, 0.1) is 18.9 Å². The molecule has 1 atom stereocenters. The van der Waals surface area contributed by atoms with Gasteiger partial charge in [0, 0.05) is 37.5 Å². The van der Waals surface area contributed by atoms with E-state index in [2.05, 4.69) is 10.3 Å². The minimum absolute atomic E-state index is 0.211. The Bertz CT molecular complexity index is 367. The van der Waals surface area contributed by atoms with Crippen LogP contribution in [-0.4, -0.2) is 31.9 Å². The van der Waals surface area contributed by atoms with Crippen molar-refractivity contribution in [2.75, 3.05) is 20.8 Å². The molecule has 1 aromatic heterocycles. The number of nitrogens with one attached hydrogen (secondary N) is 1. The van der Waals surface area contributed by atoms with Gasteiger partial charge in [-0.15, -0.1) is 0 Å². The van der Waals surface area contributed by atoms with Crippen LogP contribution in [0.25, 0.3) is 0 Å². The first-order chi connectivity index (χ1) is 8.10. The van der Waals surface area contributed by atoms with Gasteiger partial charge in [0.2, 0.25) is 0 Å². The van der Waals surface area contributed by atoms with Crippen LogP contribution < -0.4 is 10.1 Å². The molecule has 1 unspecified atom stereocenters. The zero-order valence-corrected chi connectivity index (χ0v) is 11.3. The van der Waals surface area contributed by atoms with Crippen molar-refractivity contribution in [3.05, 3.63) is 23.0 Å². The van der Waals surface area contributed by atoms with Crippen LogP contribution in [0.15, 0.2) is 6.20 Å². The second-order valence-corrected chi connectivity index (χ2v) is 4.22. The Hall–Kier alpha value is -1.13. The van der Waals surface area contributed by atoms with Gasteiger partial charge in [-0.2, -0.15) is 0 Å². The van der Waals surface area contributed by atoms with E-state index in [1.807, 2.05) is 27.0 Å². The highest BCUT2D eigenvalue weighted by Gasteiger charge is 2.09. The van der Waals surface area contributed by atoms with E-state index in [9.17, 15) is 0 Å². The molecule has 1 heterocycles. The summed E-state index contributed by atoms with van der Waals surface area (Å²) in [6.07, 6.45) is 2.06. The van der Waals surface area contributed by atoms with Crippen LogP contribution in [-0.2, 0) is 11.3 Å². The van der Waals surface area contributed by atoms with Crippen LogP contribution in [0.2, 0.25) is 0 Å². The quantitative estimate of drug-likeness (QED) is 0.821. The lowest BCUT2D eigenvalue weighted by Gasteiger charge is -2.14. The SMILES string of the molecule is COc1c(C)cnc(CNCC(C)OC)c1C. The molecule has 0 aromatic carbocycles. The number of hydrogen-bond acceptors (Lipinski definition) is 4. The lowest BCUT2D eigenvalue weighted by molar-refractivity contribution is 0.117. The number of pyridine rings is 1. The Morgan fingerprint density at radius 1 is 1.35 bits per heavy atom. The third kappa shape index (κ3) is 3.68. The molecule has 1 rings (SSSR count). The molecule has 0 radical (unpaired) electrons. The summed E-state index contributed by atoms with van der Waals surface area (Å²) >= 11 is 0. The van der Waals surface area contributed by atoms with Crippen molar-refractivity contribution in [3.8, 4) is 5.75 Å². The number of rotatable bonds is 6. The molecular formula is C13H22N2O2. The molecule has 0 saturated heterocycles. The maximum atomic E-state index is 5.37. The average Bonchev–Trinajstić information content (AvgIpc) is 2.32. The van der Waals surface area contributed by atoms with Crippen LogP contribution in [0, 0.1) is 13.8 Å². The second-order valence-electron chi connectivity index (χ2n) is 4.22. The van der Waals surface area contributed by atoms with Crippen molar-refractivity contribution in [1.29, 1.82) is 0 Å². The number of hydrogen-bond donors (Lipinski definition) is 1. The van der Waals surface area contributed by atoms with Gasteiger partial charge in [-0.1, -0.05) is 0 Å². The lowest BCUT2D eigenvalue weighted by atomic mass is 10.1. The minimum Gasteiger partial charge on any atom is -0.496 e. The van der Waals surface area contributed by atoms with E-state index in [4.69, 9.17) is 9.47 Å². The van der Waals surface area contributed by atoms with Crippen molar-refractivity contribution in [3.63, 3.8) is 0 Å².